The van der Waals surface area contributed by atoms with Crippen LogP contribution in [0.3, 0.4) is 0 Å². The van der Waals surface area contributed by atoms with Crippen molar-refractivity contribution in [2.24, 2.45) is 0 Å². The van der Waals surface area contributed by atoms with Crippen LogP contribution in [0.2, 0.25) is 0 Å². The summed E-state index contributed by atoms with van der Waals surface area (Å²) < 4.78 is 24.7. The van der Waals surface area contributed by atoms with E-state index in [0.717, 1.165) is 22.2 Å². The molecule has 3 aromatic rings. The van der Waals surface area contributed by atoms with E-state index in [-0.39, 0.29) is 4.91 Å². The van der Waals surface area contributed by atoms with Gasteiger partial charge < -0.3 is 14.8 Å². The number of anilines is 1. The summed E-state index contributed by atoms with van der Waals surface area (Å²) in [5, 5.41) is 2.00. The second-order valence-corrected chi connectivity index (χ2v) is 9.23. The zero-order valence-electron chi connectivity index (χ0n) is 20.3. The predicted molar refractivity (Wildman–Crippen MR) is 141 cm³/mol. The van der Waals surface area contributed by atoms with Gasteiger partial charge in [0, 0.05) is 5.69 Å². The fourth-order valence-electron chi connectivity index (χ4n) is 3.51. The number of nitrogens with zero attached hydrogens (tertiary/aromatic N) is 1. The fourth-order valence-corrected chi connectivity index (χ4v) is 4.35. The van der Waals surface area contributed by atoms with Crippen LogP contribution < -0.4 is 14.8 Å². The Kier molecular flexibility index (Phi) is 8.25. The molecule has 1 fully saturated rings. The first-order valence-electron chi connectivity index (χ1n) is 11.6. The number of hydrogen-bond donors (Lipinski definition) is 1. The van der Waals surface area contributed by atoms with Crippen LogP contribution in [0, 0.1) is 12.7 Å². The van der Waals surface area contributed by atoms with Gasteiger partial charge in [0.25, 0.3) is 11.1 Å². The van der Waals surface area contributed by atoms with E-state index >= 15 is 0 Å². The Morgan fingerprint density at radius 3 is 2.43 bits per heavy atom. The summed E-state index contributed by atoms with van der Waals surface area (Å²) in [6.07, 6.45) is 1.58. The van der Waals surface area contributed by atoms with Crippen molar-refractivity contribution in [1.29, 1.82) is 0 Å². The first-order valence-corrected chi connectivity index (χ1v) is 12.4. The first kappa shape index (κ1) is 26.0. The molecule has 0 unspecified atom stereocenters. The van der Waals surface area contributed by atoms with Gasteiger partial charge in [-0.25, -0.2) is 4.39 Å². The molecule has 0 spiro atoms. The van der Waals surface area contributed by atoms with Crippen molar-refractivity contribution < 1.29 is 28.2 Å². The third-order valence-corrected chi connectivity index (χ3v) is 6.29. The van der Waals surface area contributed by atoms with Crippen molar-refractivity contribution in [2.45, 2.75) is 20.5 Å². The average Bonchev–Trinajstić information content (AvgIpc) is 3.13. The molecule has 1 aliphatic heterocycles. The number of nitrogens with one attached hydrogen (secondary N) is 1. The maximum Gasteiger partial charge on any atom is 0.294 e. The summed E-state index contributed by atoms with van der Waals surface area (Å²) in [4.78, 5) is 38.7. The largest absolute Gasteiger partial charge is 0.490 e. The smallest absolute Gasteiger partial charge is 0.294 e. The topological polar surface area (TPSA) is 84.9 Å². The molecule has 1 aliphatic rings. The molecule has 3 aromatic carbocycles. The molecule has 1 heterocycles. The second kappa shape index (κ2) is 11.7. The normalized spacial score (nSPS) is 14.2. The quantitative estimate of drug-likeness (QED) is 0.360. The van der Waals surface area contributed by atoms with Crippen LogP contribution in [0.15, 0.2) is 71.6 Å². The van der Waals surface area contributed by atoms with Crippen LogP contribution in [0.25, 0.3) is 6.08 Å². The molecule has 0 saturated carbocycles. The number of hydrogen-bond acceptors (Lipinski definition) is 6. The van der Waals surface area contributed by atoms with E-state index in [9.17, 15) is 18.8 Å². The van der Waals surface area contributed by atoms with Gasteiger partial charge in [0.15, 0.2) is 11.5 Å². The summed E-state index contributed by atoms with van der Waals surface area (Å²) in [6.45, 7) is 4.23. The third-order valence-electron chi connectivity index (χ3n) is 5.38. The Labute approximate surface area is 218 Å². The molecule has 3 amide bonds. The van der Waals surface area contributed by atoms with Gasteiger partial charge in [-0.05, 0) is 79.2 Å². The van der Waals surface area contributed by atoms with E-state index in [2.05, 4.69) is 5.32 Å². The zero-order valence-corrected chi connectivity index (χ0v) is 21.1. The second-order valence-electron chi connectivity index (χ2n) is 8.24. The molecule has 1 N–H and O–H groups in total. The number of aryl methyl sites for hydroxylation is 1. The van der Waals surface area contributed by atoms with Crippen molar-refractivity contribution in [3.63, 3.8) is 0 Å². The van der Waals surface area contributed by atoms with Crippen molar-refractivity contribution >= 4 is 40.6 Å². The minimum absolute atomic E-state index is 0.190. The number of amides is 3. The Bertz CT molecular complexity index is 1340. The van der Waals surface area contributed by atoms with Crippen molar-refractivity contribution in [3.05, 3.63) is 94.1 Å². The Morgan fingerprint density at radius 1 is 1.00 bits per heavy atom. The molecular weight excluding hydrogens is 495 g/mol. The van der Waals surface area contributed by atoms with Crippen LogP contribution in [0.5, 0.6) is 11.5 Å². The van der Waals surface area contributed by atoms with E-state index in [1.807, 2.05) is 38.1 Å². The summed E-state index contributed by atoms with van der Waals surface area (Å²) in [6, 6.07) is 18.5. The predicted octanol–water partition coefficient (Wildman–Crippen LogP) is 5.79. The molecule has 0 aliphatic carbocycles. The Morgan fingerprint density at radius 2 is 1.73 bits per heavy atom. The number of thioether (sulfide) groups is 1. The number of benzene rings is 3. The van der Waals surface area contributed by atoms with Gasteiger partial charge in [-0.3, -0.25) is 19.3 Å². The minimum Gasteiger partial charge on any atom is -0.490 e. The highest BCUT2D eigenvalue weighted by Crippen LogP contribution is 2.35. The van der Waals surface area contributed by atoms with E-state index in [0.29, 0.717) is 36.0 Å². The summed E-state index contributed by atoms with van der Waals surface area (Å²) in [5.41, 5.74) is 3.20. The van der Waals surface area contributed by atoms with E-state index in [4.69, 9.17) is 9.47 Å². The average molecular weight is 521 g/mol. The van der Waals surface area contributed by atoms with Gasteiger partial charge in [-0.1, -0.05) is 35.9 Å². The first-order chi connectivity index (χ1) is 17.8. The van der Waals surface area contributed by atoms with E-state index < -0.39 is 29.4 Å². The maximum atomic E-state index is 13.1. The highest BCUT2D eigenvalue weighted by molar-refractivity contribution is 8.18. The lowest BCUT2D eigenvalue weighted by Gasteiger charge is -2.13. The van der Waals surface area contributed by atoms with Gasteiger partial charge >= 0.3 is 0 Å². The highest BCUT2D eigenvalue weighted by atomic mass is 32.2. The summed E-state index contributed by atoms with van der Waals surface area (Å²) >= 11 is 0.756. The third kappa shape index (κ3) is 6.77. The molecule has 190 valence electrons. The minimum atomic E-state index is -0.568. The van der Waals surface area contributed by atoms with Crippen molar-refractivity contribution in [2.75, 3.05) is 18.5 Å². The summed E-state index contributed by atoms with van der Waals surface area (Å²) in [7, 11) is 0. The van der Waals surface area contributed by atoms with Gasteiger partial charge in [0.1, 0.15) is 19.0 Å². The van der Waals surface area contributed by atoms with Crippen LogP contribution in [-0.2, 0) is 16.2 Å². The number of ether oxygens (including phenoxy) is 2. The lowest BCUT2D eigenvalue weighted by molar-refractivity contribution is -0.127. The monoisotopic (exact) mass is 520 g/mol. The molecule has 4 rings (SSSR count). The zero-order chi connectivity index (χ0) is 26.4. The molecule has 7 nitrogen and oxygen atoms in total. The highest BCUT2D eigenvalue weighted by Gasteiger charge is 2.36. The van der Waals surface area contributed by atoms with Crippen molar-refractivity contribution in [1.82, 2.24) is 4.90 Å². The van der Waals surface area contributed by atoms with Crippen LogP contribution in [-0.4, -0.2) is 35.1 Å². The molecule has 1 saturated heterocycles. The lowest BCUT2D eigenvalue weighted by atomic mass is 10.1. The molecule has 9 heteroatoms. The van der Waals surface area contributed by atoms with Crippen molar-refractivity contribution in [3.8, 4) is 11.5 Å². The van der Waals surface area contributed by atoms with Crippen LogP contribution in [0.1, 0.15) is 23.6 Å². The maximum absolute atomic E-state index is 13.1. The van der Waals surface area contributed by atoms with Gasteiger partial charge in [-0.2, -0.15) is 0 Å². The molecule has 0 aromatic heterocycles. The van der Waals surface area contributed by atoms with Gasteiger partial charge in [0.05, 0.1) is 11.5 Å². The van der Waals surface area contributed by atoms with Crippen LogP contribution >= 0.6 is 11.8 Å². The van der Waals surface area contributed by atoms with Gasteiger partial charge in [0.2, 0.25) is 5.91 Å². The lowest BCUT2D eigenvalue weighted by Crippen LogP contribution is -2.36. The molecule has 0 atom stereocenters. The van der Waals surface area contributed by atoms with E-state index in [1.165, 1.54) is 29.8 Å². The standard InChI is InChI=1S/C28H25FN2O5S/c1-3-35-24-14-20(8-13-23(24)36-17-19-6-4-18(2)5-7-19)15-25-27(33)31(28(34)37-25)16-26(32)30-22-11-9-21(29)10-12-22/h4-15H,3,16-17H2,1-2H3,(H,30,32)/b25-15-. The number of halogens is 1. The number of carbonyl (C=O) groups excluding carboxylic acids is 3. The molecular formula is C28H25FN2O5S. The number of carbonyl (C=O) groups is 3. The molecule has 37 heavy (non-hydrogen) atoms. The Balaban J connectivity index is 1.44. The van der Waals surface area contributed by atoms with Crippen LogP contribution in [0.4, 0.5) is 14.9 Å². The van der Waals surface area contributed by atoms with E-state index in [1.54, 1.807) is 24.3 Å². The van der Waals surface area contributed by atoms with Gasteiger partial charge in [-0.15, -0.1) is 0 Å². The number of imide groups is 1. The summed E-state index contributed by atoms with van der Waals surface area (Å²) in [5.74, 6) is -0.496. The fraction of sp³-hybridized carbons (Fsp3) is 0.179. The molecule has 0 radical (unpaired) electrons. The Hall–Kier alpha value is -4.11. The molecule has 0 bridgehead atoms. The number of rotatable bonds is 9. The SMILES string of the molecule is CCOc1cc(/C=C2\SC(=O)N(CC(=O)Nc3ccc(F)cc3)C2=O)ccc1OCc1ccc(C)cc1.